The van der Waals surface area contributed by atoms with Crippen molar-refractivity contribution in [1.82, 2.24) is 20.5 Å². The zero-order chi connectivity index (χ0) is 21.0. The van der Waals surface area contributed by atoms with Crippen molar-refractivity contribution in [3.63, 3.8) is 0 Å². The summed E-state index contributed by atoms with van der Waals surface area (Å²) in [7, 11) is 0. The van der Waals surface area contributed by atoms with Gasteiger partial charge < -0.3 is 20.1 Å². The number of fused-ring (bicyclic) bond motifs is 2. The molecular formula is C21H16N4O5. The summed E-state index contributed by atoms with van der Waals surface area (Å²) in [6.45, 7) is 0.0630. The van der Waals surface area contributed by atoms with Crippen LogP contribution in [0.5, 0.6) is 11.5 Å². The van der Waals surface area contributed by atoms with Crippen LogP contribution >= 0.6 is 0 Å². The average molecular weight is 404 g/mol. The molecule has 1 aromatic heterocycles. The summed E-state index contributed by atoms with van der Waals surface area (Å²) in [6, 6.07) is 5.86. The summed E-state index contributed by atoms with van der Waals surface area (Å²) in [4.78, 5) is 43.7. The van der Waals surface area contributed by atoms with E-state index in [1.54, 1.807) is 24.4 Å². The number of nitrogens with one attached hydrogen (secondary N) is 2. The van der Waals surface area contributed by atoms with Gasteiger partial charge in [0.05, 0.1) is 23.4 Å². The molecule has 2 atom stereocenters. The Morgan fingerprint density at radius 1 is 1.33 bits per heavy atom. The van der Waals surface area contributed by atoms with E-state index in [9.17, 15) is 19.5 Å². The Bertz CT molecular complexity index is 1150. The van der Waals surface area contributed by atoms with Crippen molar-refractivity contribution in [3.8, 4) is 23.8 Å². The third kappa shape index (κ3) is 2.43. The highest BCUT2D eigenvalue weighted by Gasteiger charge is 2.57. The number of terminal acetylenes is 1. The van der Waals surface area contributed by atoms with Crippen LogP contribution in [0.15, 0.2) is 30.5 Å². The number of phenols is 1. The van der Waals surface area contributed by atoms with E-state index >= 15 is 0 Å². The number of aromatic hydroxyl groups is 1. The summed E-state index contributed by atoms with van der Waals surface area (Å²) < 4.78 is 5.95. The van der Waals surface area contributed by atoms with Gasteiger partial charge in [0.25, 0.3) is 11.8 Å². The van der Waals surface area contributed by atoms with Gasteiger partial charge in [-0.1, -0.05) is 12.0 Å². The molecule has 0 radical (unpaired) electrons. The smallest absolute Gasteiger partial charge is 0.322 e. The minimum atomic E-state index is -1.49. The van der Waals surface area contributed by atoms with Gasteiger partial charge in [-0.05, 0) is 23.8 Å². The summed E-state index contributed by atoms with van der Waals surface area (Å²) in [5, 5.41) is 14.9. The maximum atomic E-state index is 13.1. The number of aromatic nitrogens is 1. The number of imide groups is 1. The van der Waals surface area contributed by atoms with Gasteiger partial charge in [-0.2, -0.15) is 0 Å². The summed E-state index contributed by atoms with van der Waals surface area (Å²) in [5.74, 6) is 1.73. The van der Waals surface area contributed by atoms with Gasteiger partial charge in [-0.15, -0.1) is 6.42 Å². The van der Waals surface area contributed by atoms with E-state index in [1.165, 1.54) is 11.0 Å². The fourth-order valence-corrected chi connectivity index (χ4v) is 4.30. The molecule has 0 saturated carbocycles. The molecule has 3 N–H and O–H groups in total. The largest absolute Gasteiger partial charge is 0.507 e. The Hall–Kier alpha value is -4.06. The SMILES string of the molecule is C#Cc1c(O)ccc2c1C(=O)N(CC1(C3Cc4ncccc4O3)NC(=O)NC1=O)C2. The van der Waals surface area contributed by atoms with Crippen molar-refractivity contribution < 1.29 is 24.2 Å². The van der Waals surface area contributed by atoms with Crippen LogP contribution < -0.4 is 15.4 Å². The first kappa shape index (κ1) is 18.0. The highest BCUT2D eigenvalue weighted by atomic mass is 16.5. The molecule has 0 aliphatic carbocycles. The zero-order valence-corrected chi connectivity index (χ0v) is 15.6. The van der Waals surface area contributed by atoms with Crippen molar-refractivity contribution >= 4 is 17.8 Å². The average Bonchev–Trinajstić information content (AvgIpc) is 3.37. The van der Waals surface area contributed by atoms with Gasteiger partial charge in [0.1, 0.15) is 17.6 Å². The number of benzene rings is 1. The molecular weight excluding hydrogens is 388 g/mol. The van der Waals surface area contributed by atoms with Crippen molar-refractivity contribution in [2.75, 3.05) is 6.54 Å². The van der Waals surface area contributed by atoms with Gasteiger partial charge in [0, 0.05) is 19.2 Å². The van der Waals surface area contributed by atoms with Gasteiger partial charge in [0.15, 0.2) is 5.54 Å². The Morgan fingerprint density at radius 2 is 2.17 bits per heavy atom. The molecule has 2 unspecified atom stereocenters. The number of phenolic OH excluding ortho intramolecular Hbond substituents is 1. The zero-order valence-electron chi connectivity index (χ0n) is 15.6. The third-order valence-corrected chi connectivity index (χ3v) is 5.73. The molecule has 9 nitrogen and oxygen atoms in total. The van der Waals surface area contributed by atoms with E-state index in [2.05, 4.69) is 21.5 Å². The second kappa shape index (κ2) is 6.22. The topological polar surface area (TPSA) is 121 Å². The van der Waals surface area contributed by atoms with Gasteiger partial charge in [-0.25, -0.2) is 4.79 Å². The van der Waals surface area contributed by atoms with Crippen LogP contribution in [-0.2, 0) is 17.8 Å². The van der Waals surface area contributed by atoms with E-state index in [0.717, 1.165) is 0 Å². The number of pyridine rings is 1. The highest BCUT2D eigenvalue weighted by Crippen LogP contribution is 2.36. The van der Waals surface area contributed by atoms with Gasteiger partial charge in [-0.3, -0.25) is 19.9 Å². The Balaban J connectivity index is 1.50. The van der Waals surface area contributed by atoms with Crippen LogP contribution in [0, 0.1) is 12.3 Å². The molecule has 5 rings (SSSR count). The lowest BCUT2D eigenvalue weighted by atomic mass is 9.89. The number of carbonyl (C=O) groups is 3. The first-order valence-electron chi connectivity index (χ1n) is 9.28. The quantitative estimate of drug-likeness (QED) is 0.500. The maximum absolute atomic E-state index is 13.1. The van der Waals surface area contributed by atoms with Crippen LogP contribution in [0.3, 0.4) is 0 Å². The summed E-state index contributed by atoms with van der Waals surface area (Å²) >= 11 is 0. The first-order chi connectivity index (χ1) is 14.4. The fourth-order valence-electron chi connectivity index (χ4n) is 4.30. The van der Waals surface area contributed by atoms with Crippen LogP contribution in [0.25, 0.3) is 0 Å². The Morgan fingerprint density at radius 3 is 2.87 bits per heavy atom. The van der Waals surface area contributed by atoms with Crippen molar-refractivity contribution in [2.45, 2.75) is 24.6 Å². The predicted molar refractivity (Wildman–Crippen MR) is 103 cm³/mol. The Labute approximate surface area is 171 Å². The van der Waals surface area contributed by atoms with E-state index in [4.69, 9.17) is 11.2 Å². The number of rotatable bonds is 3. The molecule has 3 aliphatic heterocycles. The fraction of sp³-hybridized carbons (Fsp3) is 0.238. The molecule has 3 aliphatic rings. The molecule has 1 fully saturated rings. The normalized spacial score (nSPS) is 24.0. The number of urea groups is 1. The van der Waals surface area contributed by atoms with Crippen LogP contribution in [0.2, 0.25) is 0 Å². The molecule has 30 heavy (non-hydrogen) atoms. The van der Waals surface area contributed by atoms with E-state index in [0.29, 0.717) is 23.4 Å². The number of hydrogen-bond acceptors (Lipinski definition) is 6. The number of nitrogens with zero attached hydrogens (tertiary/aromatic N) is 2. The lowest BCUT2D eigenvalue weighted by Gasteiger charge is -2.34. The monoisotopic (exact) mass is 404 g/mol. The van der Waals surface area contributed by atoms with Crippen molar-refractivity contribution in [3.05, 3.63) is 52.8 Å². The van der Waals surface area contributed by atoms with E-state index < -0.39 is 29.5 Å². The van der Waals surface area contributed by atoms with Gasteiger partial charge >= 0.3 is 6.03 Å². The lowest BCUT2D eigenvalue weighted by Crippen LogP contribution is -2.64. The second-order valence-corrected chi connectivity index (χ2v) is 7.44. The summed E-state index contributed by atoms with van der Waals surface area (Å²) in [5.41, 5.74) is 0.167. The molecule has 0 spiro atoms. The molecule has 9 heteroatoms. The first-order valence-corrected chi connectivity index (χ1v) is 9.28. The van der Waals surface area contributed by atoms with Crippen molar-refractivity contribution in [1.29, 1.82) is 0 Å². The number of amides is 4. The number of hydrogen-bond donors (Lipinski definition) is 3. The molecule has 4 heterocycles. The molecule has 150 valence electrons. The minimum Gasteiger partial charge on any atom is -0.507 e. The number of ether oxygens (including phenoxy) is 1. The van der Waals surface area contributed by atoms with Gasteiger partial charge in [0.2, 0.25) is 0 Å². The molecule has 0 bridgehead atoms. The molecule has 4 amide bonds. The lowest BCUT2D eigenvalue weighted by molar-refractivity contribution is -0.127. The standard InChI is InChI=1S/C21H16N4O5/c1-2-12-14(26)6-5-11-9-25(18(27)17(11)12)10-21(19(28)23-20(29)24-21)16-8-13-15(30-16)4-3-7-22-13/h1,3-7,16,26H,8-10H2,(H2,23,24,28,29). The maximum Gasteiger partial charge on any atom is 0.322 e. The van der Waals surface area contributed by atoms with Crippen molar-refractivity contribution in [2.24, 2.45) is 0 Å². The molecule has 2 aromatic rings. The molecule has 1 aromatic carbocycles. The third-order valence-electron chi connectivity index (χ3n) is 5.73. The van der Waals surface area contributed by atoms with Crippen LogP contribution in [-0.4, -0.2) is 51.0 Å². The minimum absolute atomic E-state index is 0.114. The summed E-state index contributed by atoms with van der Waals surface area (Å²) in [6.07, 6.45) is 6.66. The number of carbonyl (C=O) groups excluding carboxylic acids is 3. The van der Waals surface area contributed by atoms with E-state index in [-0.39, 0.29) is 30.0 Å². The second-order valence-electron chi connectivity index (χ2n) is 7.44. The Kier molecular flexibility index (Phi) is 3.73. The highest BCUT2D eigenvalue weighted by molar-refractivity contribution is 6.08. The van der Waals surface area contributed by atoms with Crippen LogP contribution in [0.1, 0.15) is 27.2 Å². The molecule has 1 saturated heterocycles. The predicted octanol–water partition coefficient (Wildman–Crippen LogP) is 0.306. The van der Waals surface area contributed by atoms with E-state index in [1.807, 2.05) is 0 Å². The van der Waals surface area contributed by atoms with Crippen LogP contribution in [0.4, 0.5) is 4.79 Å².